The molecule has 1 fully saturated rings. The van der Waals surface area contributed by atoms with E-state index < -0.39 is 0 Å². The number of imidazole rings is 1. The van der Waals surface area contributed by atoms with Crippen molar-refractivity contribution in [3.8, 4) is 22.6 Å². The summed E-state index contributed by atoms with van der Waals surface area (Å²) < 4.78 is 1.82. The highest BCUT2D eigenvalue weighted by atomic mass is 15.3. The topological polar surface area (TPSA) is 97.0 Å². The number of hydrogen-bond donors (Lipinski definition) is 1. The van der Waals surface area contributed by atoms with Gasteiger partial charge in [0.25, 0.3) is 0 Å². The Kier molecular flexibility index (Phi) is 5.28. The third-order valence-electron chi connectivity index (χ3n) is 5.71. The van der Waals surface area contributed by atoms with Crippen LogP contribution >= 0.6 is 0 Å². The molecule has 0 spiro atoms. The Balaban J connectivity index is 1.31. The second-order valence-corrected chi connectivity index (χ2v) is 9.76. The minimum Gasteiger partial charge on any atom is -0.338 e. The Morgan fingerprint density at radius 3 is 2.55 bits per heavy atom. The highest BCUT2D eigenvalue weighted by Gasteiger charge is 2.27. The van der Waals surface area contributed by atoms with Crippen LogP contribution in [0.2, 0.25) is 0 Å². The number of fused-ring (bicyclic) bond motifs is 1. The minimum atomic E-state index is 0.0964. The van der Waals surface area contributed by atoms with Crippen molar-refractivity contribution in [2.24, 2.45) is 0 Å². The first-order chi connectivity index (χ1) is 15.7. The van der Waals surface area contributed by atoms with Crippen LogP contribution < -0.4 is 10.2 Å². The lowest BCUT2D eigenvalue weighted by Crippen LogP contribution is -2.45. The van der Waals surface area contributed by atoms with E-state index in [0.717, 1.165) is 53.4 Å². The molecule has 1 saturated heterocycles. The predicted octanol–water partition coefficient (Wildman–Crippen LogP) is 3.23. The van der Waals surface area contributed by atoms with Crippen molar-refractivity contribution in [3.05, 3.63) is 48.0 Å². The summed E-state index contributed by atoms with van der Waals surface area (Å²) in [5, 5.41) is 17.1. The van der Waals surface area contributed by atoms with E-state index in [4.69, 9.17) is 0 Å². The number of aromatic nitrogens is 7. The lowest BCUT2D eigenvalue weighted by atomic mass is 10.1. The first kappa shape index (κ1) is 21.4. The van der Waals surface area contributed by atoms with Gasteiger partial charge < -0.3 is 10.2 Å². The molecule has 0 radical (unpaired) electrons. The maximum atomic E-state index is 4.68. The summed E-state index contributed by atoms with van der Waals surface area (Å²) in [4.78, 5) is 15.8. The van der Waals surface area contributed by atoms with E-state index in [1.807, 2.05) is 49.0 Å². The van der Waals surface area contributed by atoms with Gasteiger partial charge in [-0.3, -0.25) is 4.98 Å². The van der Waals surface area contributed by atoms with Crippen LogP contribution in [0.5, 0.6) is 0 Å². The van der Waals surface area contributed by atoms with Crippen molar-refractivity contribution in [1.29, 1.82) is 0 Å². The van der Waals surface area contributed by atoms with Crippen molar-refractivity contribution in [3.63, 3.8) is 0 Å². The maximum Gasteiger partial charge on any atom is 0.245 e. The van der Waals surface area contributed by atoms with Gasteiger partial charge in [0.15, 0.2) is 5.65 Å². The molecule has 33 heavy (non-hydrogen) atoms. The van der Waals surface area contributed by atoms with Crippen molar-refractivity contribution in [2.75, 3.05) is 18.0 Å². The Hall–Kier alpha value is -3.46. The van der Waals surface area contributed by atoms with Crippen LogP contribution in [0.25, 0.3) is 28.3 Å². The van der Waals surface area contributed by atoms with Crippen LogP contribution in [-0.4, -0.2) is 59.4 Å². The second kappa shape index (κ2) is 8.15. The number of nitrogens with zero attached hydrogens (tertiary/aromatic N) is 8. The molecule has 4 aromatic rings. The first-order valence-corrected chi connectivity index (χ1v) is 11.3. The Bertz CT molecular complexity index is 1270. The fourth-order valence-electron chi connectivity index (χ4n) is 4.29. The molecule has 1 aliphatic rings. The zero-order chi connectivity index (χ0) is 23.2. The fourth-order valence-corrected chi connectivity index (χ4v) is 4.29. The normalized spacial score (nSPS) is 16.6. The molecular formula is C24H29N9. The smallest absolute Gasteiger partial charge is 0.245 e. The lowest BCUT2D eigenvalue weighted by Gasteiger charge is -2.25. The van der Waals surface area contributed by atoms with Crippen LogP contribution in [0.1, 0.15) is 38.4 Å². The molecule has 1 atom stereocenters. The molecule has 9 heteroatoms. The summed E-state index contributed by atoms with van der Waals surface area (Å²) in [7, 11) is 0. The molecule has 5 rings (SSSR count). The molecule has 170 valence electrons. The van der Waals surface area contributed by atoms with Gasteiger partial charge in [-0.05, 0) is 64.8 Å². The van der Waals surface area contributed by atoms with Gasteiger partial charge in [0.1, 0.15) is 5.69 Å². The van der Waals surface area contributed by atoms with Crippen LogP contribution in [-0.2, 0) is 0 Å². The molecule has 0 amide bonds. The molecule has 0 aromatic carbocycles. The largest absolute Gasteiger partial charge is 0.338 e. The van der Waals surface area contributed by atoms with Crippen molar-refractivity contribution < 1.29 is 0 Å². The average Bonchev–Trinajstić information content (AvgIpc) is 3.39. The van der Waals surface area contributed by atoms with Crippen molar-refractivity contribution in [2.45, 2.75) is 52.6 Å². The van der Waals surface area contributed by atoms with Crippen LogP contribution in [0.4, 0.5) is 5.95 Å². The SMILES string of the molecule is Cc1cn2nc(-c3ccc(-c4cnc(N5CC[C@@H](NC(C)(C)C)C5)nn4)nc3)cc(C)c2n1. The highest BCUT2D eigenvalue weighted by molar-refractivity contribution is 5.64. The molecule has 1 aliphatic heterocycles. The minimum absolute atomic E-state index is 0.0964. The van der Waals surface area contributed by atoms with Gasteiger partial charge >= 0.3 is 0 Å². The van der Waals surface area contributed by atoms with Crippen LogP contribution in [0, 0.1) is 13.8 Å². The maximum absolute atomic E-state index is 4.68. The Morgan fingerprint density at radius 2 is 1.85 bits per heavy atom. The molecule has 4 aromatic heterocycles. The predicted molar refractivity (Wildman–Crippen MR) is 128 cm³/mol. The first-order valence-electron chi connectivity index (χ1n) is 11.3. The number of anilines is 1. The quantitative estimate of drug-likeness (QED) is 0.513. The molecule has 0 unspecified atom stereocenters. The van der Waals surface area contributed by atoms with Crippen molar-refractivity contribution in [1.82, 2.24) is 40.1 Å². The highest BCUT2D eigenvalue weighted by Crippen LogP contribution is 2.23. The van der Waals surface area contributed by atoms with Gasteiger partial charge in [-0.1, -0.05) is 0 Å². The summed E-state index contributed by atoms with van der Waals surface area (Å²) in [5.41, 5.74) is 6.16. The van der Waals surface area contributed by atoms with Crippen LogP contribution in [0.15, 0.2) is 36.8 Å². The second-order valence-electron chi connectivity index (χ2n) is 9.76. The fraction of sp³-hybridized carbons (Fsp3) is 0.417. The van der Waals surface area contributed by atoms with E-state index in [0.29, 0.717) is 17.7 Å². The third-order valence-corrected chi connectivity index (χ3v) is 5.71. The molecule has 9 nitrogen and oxygen atoms in total. The van der Waals surface area contributed by atoms with Gasteiger partial charge in [0.2, 0.25) is 5.95 Å². The number of nitrogens with one attached hydrogen (secondary N) is 1. The van der Waals surface area contributed by atoms with Gasteiger partial charge in [-0.25, -0.2) is 14.5 Å². The molecule has 5 heterocycles. The summed E-state index contributed by atoms with van der Waals surface area (Å²) >= 11 is 0. The van der Waals surface area contributed by atoms with Gasteiger partial charge in [-0.15, -0.1) is 10.2 Å². The summed E-state index contributed by atoms with van der Waals surface area (Å²) in [6.45, 7) is 12.4. The summed E-state index contributed by atoms with van der Waals surface area (Å²) in [5.74, 6) is 0.664. The van der Waals surface area contributed by atoms with Gasteiger partial charge in [0, 0.05) is 36.4 Å². The third kappa shape index (κ3) is 4.54. The zero-order valence-electron chi connectivity index (χ0n) is 19.7. The molecule has 0 bridgehead atoms. The monoisotopic (exact) mass is 443 g/mol. The Morgan fingerprint density at radius 1 is 1.00 bits per heavy atom. The van der Waals surface area contributed by atoms with Crippen LogP contribution in [0.3, 0.4) is 0 Å². The van der Waals surface area contributed by atoms with E-state index in [9.17, 15) is 0 Å². The number of hydrogen-bond acceptors (Lipinski definition) is 8. The average molecular weight is 444 g/mol. The van der Waals surface area contributed by atoms with E-state index in [2.05, 4.69) is 61.2 Å². The zero-order valence-corrected chi connectivity index (χ0v) is 19.7. The van der Waals surface area contributed by atoms with E-state index in [1.165, 1.54) is 0 Å². The lowest BCUT2D eigenvalue weighted by molar-refractivity contribution is 0.373. The molecule has 0 saturated carbocycles. The number of pyridine rings is 1. The summed E-state index contributed by atoms with van der Waals surface area (Å²) in [6, 6.07) is 6.40. The molecule has 1 N–H and O–H groups in total. The standard InChI is InChI=1S/C24H29N9/c1-15-10-20(31-33-13-16(2)27-22(15)33)17-6-7-19(25-11-17)21-12-26-23(30-29-21)32-9-8-18(14-32)28-24(3,4)5/h6-7,10-13,18,28H,8-9,14H2,1-5H3/t18-/m1/s1. The van der Waals surface area contributed by atoms with E-state index in [-0.39, 0.29) is 5.54 Å². The number of aryl methyl sites for hydroxylation is 2. The summed E-state index contributed by atoms with van der Waals surface area (Å²) in [6.07, 6.45) is 6.56. The molecular weight excluding hydrogens is 414 g/mol. The molecule has 0 aliphatic carbocycles. The van der Waals surface area contributed by atoms with E-state index in [1.54, 1.807) is 6.20 Å². The van der Waals surface area contributed by atoms with Gasteiger partial charge in [0.05, 0.1) is 29.5 Å². The Labute approximate surface area is 193 Å². The van der Waals surface area contributed by atoms with Gasteiger partial charge in [-0.2, -0.15) is 5.10 Å². The van der Waals surface area contributed by atoms with Crippen molar-refractivity contribution >= 4 is 11.6 Å². The number of rotatable bonds is 4. The van der Waals surface area contributed by atoms with E-state index >= 15 is 0 Å².